The molecule has 1 atom stereocenters. The first-order chi connectivity index (χ1) is 13.5. The summed E-state index contributed by atoms with van der Waals surface area (Å²) in [5, 5.41) is 3.55. The number of rotatable bonds is 9. The smallest absolute Gasteiger partial charge is 0.242 e. The lowest BCUT2D eigenvalue weighted by Gasteiger charge is -2.29. The van der Waals surface area contributed by atoms with Crippen molar-refractivity contribution < 1.29 is 14.3 Å². The van der Waals surface area contributed by atoms with Gasteiger partial charge in [-0.25, -0.2) is 0 Å². The number of carbonyl (C=O) groups is 2. The lowest BCUT2D eigenvalue weighted by Crippen LogP contribution is -2.47. The van der Waals surface area contributed by atoms with Gasteiger partial charge in [0.1, 0.15) is 11.8 Å². The highest BCUT2D eigenvalue weighted by Gasteiger charge is 2.25. The van der Waals surface area contributed by atoms with Gasteiger partial charge < -0.3 is 15.0 Å². The molecular weight excluding hydrogens is 376 g/mol. The minimum Gasteiger partial charge on any atom is -0.496 e. The van der Waals surface area contributed by atoms with Gasteiger partial charge >= 0.3 is 0 Å². The lowest BCUT2D eigenvalue weighted by molar-refractivity contribution is -0.140. The number of hydrogen-bond acceptors (Lipinski definition) is 3. The zero-order valence-corrected chi connectivity index (χ0v) is 17.3. The molecule has 0 heterocycles. The van der Waals surface area contributed by atoms with Crippen molar-refractivity contribution >= 4 is 23.4 Å². The normalized spacial score (nSPS) is 11.6. The number of ether oxygens (including phenoxy) is 1. The first kappa shape index (κ1) is 21.8. The number of benzene rings is 2. The SMILES string of the molecule is CCCC(=O)N(Cc1ccc(Cl)cc1)[C@@H](C)C(=O)NCc1ccccc1OC. The summed E-state index contributed by atoms with van der Waals surface area (Å²) in [5.41, 5.74) is 1.81. The number of para-hydroxylation sites is 1. The first-order valence-electron chi connectivity index (χ1n) is 9.39. The zero-order chi connectivity index (χ0) is 20.5. The van der Waals surface area contributed by atoms with Gasteiger partial charge in [0.15, 0.2) is 0 Å². The molecule has 0 unspecified atom stereocenters. The highest BCUT2D eigenvalue weighted by Crippen LogP contribution is 2.18. The summed E-state index contributed by atoms with van der Waals surface area (Å²) in [5.74, 6) is 0.470. The minimum atomic E-state index is -0.593. The van der Waals surface area contributed by atoms with E-state index in [1.165, 1.54) is 0 Å². The van der Waals surface area contributed by atoms with Crippen molar-refractivity contribution in [2.24, 2.45) is 0 Å². The molecule has 0 aliphatic rings. The van der Waals surface area contributed by atoms with E-state index in [2.05, 4.69) is 5.32 Å². The number of halogens is 1. The second-order valence-electron chi connectivity index (χ2n) is 6.60. The van der Waals surface area contributed by atoms with Crippen molar-refractivity contribution in [3.05, 3.63) is 64.7 Å². The van der Waals surface area contributed by atoms with E-state index in [1.54, 1.807) is 31.1 Å². The van der Waals surface area contributed by atoms with Crippen LogP contribution in [0.1, 0.15) is 37.8 Å². The fourth-order valence-corrected chi connectivity index (χ4v) is 3.03. The summed E-state index contributed by atoms with van der Waals surface area (Å²) in [6, 6.07) is 14.2. The number of methoxy groups -OCH3 is 1. The van der Waals surface area contributed by atoms with Gasteiger partial charge in [0.2, 0.25) is 11.8 Å². The van der Waals surface area contributed by atoms with Crippen LogP contribution in [0.3, 0.4) is 0 Å². The molecule has 2 aromatic carbocycles. The van der Waals surface area contributed by atoms with Crippen LogP contribution in [-0.4, -0.2) is 29.9 Å². The zero-order valence-electron chi connectivity index (χ0n) is 16.6. The van der Waals surface area contributed by atoms with Crippen LogP contribution in [0, 0.1) is 0 Å². The third kappa shape index (κ3) is 5.99. The Morgan fingerprint density at radius 1 is 1.14 bits per heavy atom. The molecule has 0 radical (unpaired) electrons. The van der Waals surface area contributed by atoms with Crippen LogP contribution in [0.15, 0.2) is 48.5 Å². The quantitative estimate of drug-likeness (QED) is 0.684. The average molecular weight is 403 g/mol. The molecule has 0 aliphatic heterocycles. The van der Waals surface area contributed by atoms with E-state index in [4.69, 9.17) is 16.3 Å². The second kappa shape index (κ2) is 10.7. The molecule has 6 heteroatoms. The van der Waals surface area contributed by atoms with Crippen molar-refractivity contribution in [2.75, 3.05) is 7.11 Å². The molecule has 1 N–H and O–H groups in total. The molecule has 0 spiro atoms. The third-order valence-corrected chi connectivity index (χ3v) is 4.79. The second-order valence-corrected chi connectivity index (χ2v) is 7.04. The highest BCUT2D eigenvalue weighted by molar-refractivity contribution is 6.30. The molecule has 2 amide bonds. The summed E-state index contributed by atoms with van der Waals surface area (Å²) in [6.45, 7) is 4.40. The van der Waals surface area contributed by atoms with Gasteiger partial charge in [0.25, 0.3) is 0 Å². The van der Waals surface area contributed by atoms with Gasteiger partial charge in [-0.15, -0.1) is 0 Å². The topological polar surface area (TPSA) is 58.6 Å². The Bertz CT molecular complexity index is 793. The van der Waals surface area contributed by atoms with Gasteiger partial charge in [-0.05, 0) is 37.1 Å². The molecule has 0 aliphatic carbocycles. The molecule has 0 bridgehead atoms. The van der Waals surface area contributed by atoms with E-state index >= 15 is 0 Å². The van der Waals surface area contributed by atoms with Crippen LogP contribution in [0.4, 0.5) is 0 Å². The first-order valence-corrected chi connectivity index (χ1v) is 9.77. The Morgan fingerprint density at radius 2 is 1.82 bits per heavy atom. The predicted molar refractivity (Wildman–Crippen MR) is 111 cm³/mol. The van der Waals surface area contributed by atoms with Crippen LogP contribution in [0.25, 0.3) is 0 Å². The number of amides is 2. The summed E-state index contributed by atoms with van der Waals surface area (Å²) in [6.07, 6.45) is 1.13. The van der Waals surface area contributed by atoms with Crippen molar-refractivity contribution in [1.82, 2.24) is 10.2 Å². The Balaban J connectivity index is 2.09. The van der Waals surface area contributed by atoms with Crippen LogP contribution < -0.4 is 10.1 Å². The Labute approximate surface area is 171 Å². The maximum Gasteiger partial charge on any atom is 0.242 e. The summed E-state index contributed by atoms with van der Waals surface area (Å²) in [7, 11) is 1.60. The maximum absolute atomic E-state index is 12.7. The lowest BCUT2D eigenvalue weighted by atomic mass is 10.1. The van der Waals surface area contributed by atoms with Crippen LogP contribution in [0.2, 0.25) is 5.02 Å². The van der Waals surface area contributed by atoms with Crippen LogP contribution in [0.5, 0.6) is 5.75 Å². The largest absolute Gasteiger partial charge is 0.496 e. The summed E-state index contributed by atoms with van der Waals surface area (Å²) in [4.78, 5) is 27.0. The van der Waals surface area contributed by atoms with Crippen molar-refractivity contribution in [3.8, 4) is 5.75 Å². The monoisotopic (exact) mass is 402 g/mol. The van der Waals surface area contributed by atoms with E-state index in [0.717, 1.165) is 23.3 Å². The molecule has 0 aromatic heterocycles. The Morgan fingerprint density at radius 3 is 2.46 bits per heavy atom. The van der Waals surface area contributed by atoms with Gasteiger partial charge in [0.05, 0.1) is 7.11 Å². The Hall–Kier alpha value is -2.53. The Kier molecular flexibility index (Phi) is 8.33. The predicted octanol–water partition coefficient (Wildman–Crippen LogP) is 4.18. The molecule has 2 rings (SSSR count). The van der Waals surface area contributed by atoms with Gasteiger partial charge in [-0.1, -0.05) is 48.9 Å². The highest BCUT2D eigenvalue weighted by atomic mass is 35.5. The van der Waals surface area contributed by atoms with Crippen molar-refractivity contribution in [3.63, 3.8) is 0 Å². The molecule has 28 heavy (non-hydrogen) atoms. The fraction of sp³-hybridized carbons (Fsp3) is 0.364. The van der Waals surface area contributed by atoms with Gasteiger partial charge in [-0.2, -0.15) is 0 Å². The standard InChI is InChI=1S/C22H27ClN2O3/c1-4-7-21(26)25(15-17-10-12-19(23)13-11-17)16(2)22(27)24-14-18-8-5-6-9-20(18)28-3/h5-6,8-13,16H,4,7,14-15H2,1-3H3,(H,24,27)/t16-/m0/s1. The van der Waals surface area contributed by atoms with E-state index in [1.807, 2.05) is 43.3 Å². The fourth-order valence-electron chi connectivity index (χ4n) is 2.91. The molecular formula is C22H27ClN2O3. The molecule has 2 aromatic rings. The maximum atomic E-state index is 12.7. The van der Waals surface area contributed by atoms with E-state index in [0.29, 0.717) is 24.5 Å². The van der Waals surface area contributed by atoms with Crippen molar-refractivity contribution in [1.29, 1.82) is 0 Å². The van der Waals surface area contributed by atoms with Crippen LogP contribution >= 0.6 is 11.6 Å². The number of nitrogens with zero attached hydrogens (tertiary/aromatic N) is 1. The van der Waals surface area contributed by atoms with E-state index in [-0.39, 0.29) is 11.8 Å². The number of nitrogens with one attached hydrogen (secondary N) is 1. The summed E-state index contributed by atoms with van der Waals surface area (Å²) >= 11 is 5.94. The molecule has 150 valence electrons. The molecule has 0 fully saturated rings. The van der Waals surface area contributed by atoms with E-state index in [9.17, 15) is 9.59 Å². The summed E-state index contributed by atoms with van der Waals surface area (Å²) < 4.78 is 5.32. The average Bonchev–Trinajstić information content (AvgIpc) is 2.71. The molecule has 5 nitrogen and oxygen atoms in total. The molecule has 0 saturated heterocycles. The number of hydrogen-bond donors (Lipinski definition) is 1. The van der Waals surface area contributed by atoms with Crippen LogP contribution in [-0.2, 0) is 22.7 Å². The van der Waals surface area contributed by atoms with Crippen molar-refractivity contribution in [2.45, 2.75) is 45.8 Å². The third-order valence-electron chi connectivity index (χ3n) is 4.54. The molecule has 0 saturated carbocycles. The number of carbonyl (C=O) groups excluding carboxylic acids is 2. The van der Waals surface area contributed by atoms with Gasteiger partial charge in [0, 0.05) is 30.1 Å². The van der Waals surface area contributed by atoms with E-state index < -0.39 is 6.04 Å². The minimum absolute atomic E-state index is 0.0441. The van der Waals surface area contributed by atoms with Gasteiger partial charge in [-0.3, -0.25) is 9.59 Å².